The lowest BCUT2D eigenvalue weighted by molar-refractivity contribution is 0.124. The Kier molecular flexibility index (Phi) is 5.15. The third kappa shape index (κ3) is 4.22. The van der Waals surface area contributed by atoms with Crippen LogP contribution in [0.3, 0.4) is 0 Å². The number of thiazole rings is 1. The van der Waals surface area contributed by atoms with Gasteiger partial charge < -0.3 is 14.6 Å². The van der Waals surface area contributed by atoms with E-state index in [0.717, 1.165) is 35.0 Å². The van der Waals surface area contributed by atoms with E-state index in [-0.39, 0.29) is 0 Å². The Bertz CT molecular complexity index is 659. The minimum absolute atomic E-state index is 0.552. The normalized spacial score (nSPS) is 15.5. The van der Waals surface area contributed by atoms with E-state index in [9.17, 15) is 5.11 Å². The summed E-state index contributed by atoms with van der Waals surface area (Å²) in [7, 11) is 2.00. The molecule has 1 unspecified atom stereocenters. The lowest BCUT2D eigenvalue weighted by Gasteiger charge is -2.20. The highest BCUT2D eigenvalue weighted by Crippen LogP contribution is 2.32. The van der Waals surface area contributed by atoms with Crippen LogP contribution in [-0.4, -0.2) is 41.8 Å². The highest BCUT2D eigenvalue weighted by atomic mass is 32.1. The SMILES string of the molecule is Cc1ncc(CN(C)CC(O)c2ccc3c(c2)OCCCO3)s1. The molecule has 1 aliphatic heterocycles. The second-order valence-corrected chi connectivity index (χ2v) is 7.13. The van der Waals surface area contributed by atoms with Gasteiger partial charge in [-0.15, -0.1) is 11.3 Å². The van der Waals surface area contributed by atoms with E-state index in [0.29, 0.717) is 19.8 Å². The summed E-state index contributed by atoms with van der Waals surface area (Å²) in [6.45, 7) is 4.66. The first-order valence-corrected chi connectivity index (χ1v) is 8.61. The van der Waals surface area contributed by atoms with Gasteiger partial charge in [-0.05, 0) is 31.7 Å². The Hall–Kier alpha value is -1.63. The van der Waals surface area contributed by atoms with E-state index in [1.165, 1.54) is 4.88 Å². The molecule has 2 aromatic rings. The molecule has 5 nitrogen and oxygen atoms in total. The van der Waals surface area contributed by atoms with Gasteiger partial charge in [-0.1, -0.05) is 6.07 Å². The molecule has 0 bridgehead atoms. The Labute approximate surface area is 140 Å². The van der Waals surface area contributed by atoms with Crippen LogP contribution in [0.15, 0.2) is 24.4 Å². The maximum atomic E-state index is 10.5. The average Bonchev–Trinajstić information content (AvgIpc) is 2.79. The van der Waals surface area contributed by atoms with Crippen molar-refractivity contribution in [2.45, 2.75) is 26.0 Å². The van der Waals surface area contributed by atoms with Crippen molar-refractivity contribution in [3.63, 3.8) is 0 Å². The number of aromatic nitrogens is 1. The smallest absolute Gasteiger partial charge is 0.161 e. The fraction of sp³-hybridized carbons (Fsp3) is 0.471. The van der Waals surface area contributed by atoms with Crippen LogP contribution in [0.4, 0.5) is 0 Å². The van der Waals surface area contributed by atoms with Crippen molar-refractivity contribution in [3.05, 3.63) is 39.8 Å². The summed E-state index contributed by atoms with van der Waals surface area (Å²) in [4.78, 5) is 7.57. The lowest BCUT2D eigenvalue weighted by Crippen LogP contribution is -2.23. The van der Waals surface area contributed by atoms with Gasteiger partial charge in [-0.25, -0.2) is 4.98 Å². The number of likely N-dealkylation sites (N-methyl/N-ethyl adjacent to an activating group) is 1. The molecule has 124 valence electrons. The largest absolute Gasteiger partial charge is 0.490 e. The van der Waals surface area contributed by atoms with Crippen LogP contribution in [0, 0.1) is 6.92 Å². The molecular weight excluding hydrogens is 312 g/mol. The van der Waals surface area contributed by atoms with Crippen molar-refractivity contribution < 1.29 is 14.6 Å². The number of hydrogen-bond acceptors (Lipinski definition) is 6. The number of aliphatic hydroxyl groups excluding tert-OH is 1. The van der Waals surface area contributed by atoms with Crippen molar-refractivity contribution in [1.29, 1.82) is 0 Å². The predicted molar refractivity (Wildman–Crippen MR) is 90.2 cm³/mol. The van der Waals surface area contributed by atoms with Gasteiger partial charge in [0.05, 0.1) is 24.3 Å². The number of aryl methyl sites for hydroxylation is 1. The summed E-state index contributed by atoms with van der Waals surface area (Å²) in [5, 5.41) is 11.6. The van der Waals surface area contributed by atoms with Crippen LogP contribution >= 0.6 is 11.3 Å². The average molecular weight is 334 g/mol. The molecule has 2 heterocycles. The zero-order valence-electron chi connectivity index (χ0n) is 13.5. The van der Waals surface area contributed by atoms with Crippen LogP contribution in [0.2, 0.25) is 0 Å². The fourth-order valence-electron chi connectivity index (χ4n) is 2.60. The zero-order valence-corrected chi connectivity index (χ0v) is 14.3. The summed E-state index contributed by atoms with van der Waals surface area (Å²) in [5.74, 6) is 1.48. The number of benzene rings is 1. The molecule has 0 amide bonds. The highest BCUT2D eigenvalue weighted by Gasteiger charge is 2.16. The van der Waals surface area contributed by atoms with E-state index in [1.54, 1.807) is 11.3 Å². The molecular formula is C17H22N2O3S. The molecule has 0 saturated heterocycles. The van der Waals surface area contributed by atoms with E-state index in [2.05, 4.69) is 9.88 Å². The summed E-state index contributed by atoms with van der Waals surface area (Å²) < 4.78 is 11.3. The summed E-state index contributed by atoms with van der Waals surface area (Å²) in [5.41, 5.74) is 0.849. The Morgan fingerprint density at radius 3 is 2.83 bits per heavy atom. The number of aliphatic hydroxyl groups is 1. The first-order valence-electron chi connectivity index (χ1n) is 7.79. The quantitative estimate of drug-likeness (QED) is 0.911. The second kappa shape index (κ2) is 7.29. The maximum absolute atomic E-state index is 10.5. The molecule has 0 spiro atoms. The molecule has 1 aromatic heterocycles. The topological polar surface area (TPSA) is 54.8 Å². The minimum Gasteiger partial charge on any atom is -0.490 e. The van der Waals surface area contributed by atoms with Crippen molar-refractivity contribution >= 4 is 11.3 Å². The fourth-order valence-corrected chi connectivity index (χ4v) is 3.47. The second-order valence-electron chi connectivity index (χ2n) is 5.81. The molecule has 3 rings (SSSR count). The molecule has 0 fully saturated rings. The minimum atomic E-state index is -0.564. The molecule has 6 heteroatoms. The van der Waals surface area contributed by atoms with Crippen molar-refractivity contribution in [1.82, 2.24) is 9.88 Å². The number of rotatable bonds is 5. The highest BCUT2D eigenvalue weighted by molar-refractivity contribution is 7.11. The van der Waals surface area contributed by atoms with Gasteiger partial charge in [0, 0.05) is 30.6 Å². The van der Waals surface area contributed by atoms with E-state index in [1.807, 2.05) is 38.4 Å². The summed E-state index contributed by atoms with van der Waals surface area (Å²) in [6.07, 6.45) is 2.21. The number of fused-ring (bicyclic) bond motifs is 1. The molecule has 0 radical (unpaired) electrons. The molecule has 0 aliphatic carbocycles. The van der Waals surface area contributed by atoms with Gasteiger partial charge in [0.1, 0.15) is 0 Å². The van der Waals surface area contributed by atoms with Crippen molar-refractivity contribution in [2.24, 2.45) is 0 Å². The Balaban J connectivity index is 1.63. The monoisotopic (exact) mass is 334 g/mol. The van der Waals surface area contributed by atoms with Crippen LogP contribution in [0.25, 0.3) is 0 Å². The van der Waals surface area contributed by atoms with Gasteiger partial charge in [0.25, 0.3) is 0 Å². The van der Waals surface area contributed by atoms with Gasteiger partial charge in [-0.3, -0.25) is 4.90 Å². The van der Waals surface area contributed by atoms with E-state index < -0.39 is 6.10 Å². The first-order chi connectivity index (χ1) is 11.1. The van der Waals surface area contributed by atoms with Crippen LogP contribution in [0.5, 0.6) is 11.5 Å². The third-order valence-electron chi connectivity index (χ3n) is 3.74. The maximum Gasteiger partial charge on any atom is 0.161 e. The van der Waals surface area contributed by atoms with Crippen LogP contribution in [-0.2, 0) is 6.54 Å². The number of hydrogen-bond donors (Lipinski definition) is 1. The lowest BCUT2D eigenvalue weighted by atomic mass is 10.1. The molecule has 0 saturated carbocycles. The van der Waals surface area contributed by atoms with E-state index >= 15 is 0 Å². The Morgan fingerprint density at radius 2 is 2.09 bits per heavy atom. The summed E-state index contributed by atoms with van der Waals surface area (Å²) >= 11 is 1.69. The van der Waals surface area contributed by atoms with Gasteiger partial charge >= 0.3 is 0 Å². The standard InChI is InChI=1S/C17H22N2O3S/c1-12-18-9-14(23-12)10-19(2)11-15(20)13-4-5-16-17(8-13)22-7-3-6-21-16/h4-5,8-9,15,20H,3,6-7,10-11H2,1-2H3. The summed E-state index contributed by atoms with van der Waals surface area (Å²) in [6, 6.07) is 5.67. The number of ether oxygens (including phenoxy) is 2. The van der Waals surface area contributed by atoms with Gasteiger partial charge in [0.15, 0.2) is 11.5 Å². The predicted octanol–water partition coefficient (Wildman–Crippen LogP) is 2.78. The van der Waals surface area contributed by atoms with Crippen LogP contribution < -0.4 is 9.47 Å². The molecule has 1 aliphatic rings. The van der Waals surface area contributed by atoms with Gasteiger partial charge in [0.2, 0.25) is 0 Å². The number of nitrogens with zero attached hydrogens (tertiary/aromatic N) is 2. The zero-order chi connectivity index (χ0) is 16.2. The third-order valence-corrected chi connectivity index (χ3v) is 4.63. The van der Waals surface area contributed by atoms with Crippen molar-refractivity contribution in [2.75, 3.05) is 26.8 Å². The molecule has 23 heavy (non-hydrogen) atoms. The van der Waals surface area contributed by atoms with Gasteiger partial charge in [-0.2, -0.15) is 0 Å². The van der Waals surface area contributed by atoms with Crippen molar-refractivity contribution in [3.8, 4) is 11.5 Å². The molecule has 1 aromatic carbocycles. The molecule has 1 N–H and O–H groups in total. The van der Waals surface area contributed by atoms with E-state index in [4.69, 9.17) is 9.47 Å². The Morgan fingerprint density at radius 1 is 1.30 bits per heavy atom. The first kappa shape index (κ1) is 16.2. The van der Waals surface area contributed by atoms with Crippen LogP contribution in [0.1, 0.15) is 28.0 Å². The molecule has 1 atom stereocenters.